The Morgan fingerprint density at radius 1 is 1.48 bits per heavy atom. The first kappa shape index (κ1) is 15.7. The van der Waals surface area contributed by atoms with Crippen LogP contribution >= 0.6 is 0 Å². The van der Waals surface area contributed by atoms with E-state index < -0.39 is 6.61 Å². The number of benzene rings is 1. The molecule has 0 spiro atoms. The predicted octanol–water partition coefficient (Wildman–Crippen LogP) is 2.49. The van der Waals surface area contributed by atoms with Gasteiger partial charge in [0.15, 0.2) is 0 Å². The molecule has 116 valence electrons. The number of nitrogens with zero attached hydrogens (tertiary/aromatic N) is 1. The summed E-state index contributed by atoms with van der Waals surface area (Å²) in [6.07, 6.45) is 2.93. The first-order valence-electron chi connectivity index (χ1n) is 7.14. The zero-order valence-corrected chi connectivity index (χ0v) is 11.8. The Kier molecular flexibility index (Phi) is 5.50. The summed E-state index contributed by atoms with van der Waals surface area (Å²) in [6.45, 7) is -0.903. The van der Waals surface area contributed by atoms with Gasteiger partial charge in [0.1, 0.15) is 5.75 Å². The molecule has 1 aliphatic rings. The third-order valence-corrected chi connectivity index (χ3v) is 3.69. The minimum atomic E-state index is -2.89. The van der Waals surface area contributed by atoms with E-state index in [2.05, 4.69) is 4.74 Å². The molecule has 1 fully saturated rings. The van der Waals surface area contributed by atoms with Gasteiger partial charge in [-0.2, -0.15) is 8.78 Å². The highest BCUT2D eigenvalue weighted by Crippen LogP contribution is 2.22. The molecule has 4 nitrogen and oxygen atoms in total. The van der Waals surface area contributed by atoms with Crippen molar-refractivity contribution < 1.29 is 18.3 Å². The van der Waals surface area contributed by atoms with Gasteiger partial charge in [-0.15, -0.1) is 0 Å². The highest BCUT2D eigenvalue weighted by atomic mass is 19.3. The Bertz CT molecular complexity index is 480. The van der Waals surface area contributed by atoms with E-state index in [0.717, 1.165) is 19.3 Å². The lowest BCUT2D eigenvalue weighted by atomic mass is 9.94. The summed E-state index contributed by atoms with van der Waals surface area (Å²) < 4.78 is 28.8. The molecule has 0 saturated carbocycles. The monoisotopic (exact) mass is 298 g/mol. The molecule has 1 unspecified atom stereocenters. The smallest absolute Gasteiger partial charge is 0.387 e. The molecule has 2 N–H and O–H groups in total. The minimum absolute atomic E-state index is 0.00590. The lowest BCUT2D eigenvalue weighted by Gasteiger charge is -2.32. The number of piperidine rings is 1. The van der Waals surface area contributed by atoms with Gasteiger partial charge in [0, 0.05) is 18.7 Å². The first-order chi connectivity index (χ1) is 10.1. The highest BCUT2D eigenvalue weighted by molar-refractivity contribution is 5.94. The summed E-state index contributed by atoms with van der Waals surface area (Å²) in [5.41, 5.74) is 5.94. The van der Waals surface area contributed by atoms with Gasteiger partial charge in [-0.3, -0.25) is 4.79 Å². The maximum absolute atomic E-state index is 12.4. The number of likely N-dealkylation sites (tertiary alicyclic amines) is 1. The largest absolute Gasteiger partial charge is 0.435 e. The van der Waals surface area contributed by atoms with Crippen molar-refractivity contribution in [2.75, 3.05) is 19.6 Å². The lowest BCUT2D eigenvalue weighted by molar-refractivity contribution is -0.0499. The molecule has 1 atom stereocenters. The average molecular weight is 298 g/mol. The van der Waals surface area contributed by atoms with E-state index in [1.807, 2.05) is 0 Å². The Hall–Kier alpha value is -1.69. The number of carbonyl (C=O) groups is 1. The average Bonchev–Trinajstić information content (AvgIpc) is 2.47. The molecule has 2 rings (SSSR count). The van der Waals surface area contributed by atoms with E-state index in [1.54, 1.807) is 17.0 Å². The van der Waals surface area contributed by atoms with E-state index in [4.69, 9.17) is 5.73 Å². The van der Waals surface area contributed by atoms with Crippen LogP contribution < -0.4 is 10.5 Å². The fourth-order valence-electron chi connectivity index (χ4n) is 2.71. The minimum Gasteiger partial charge on any atom is -0.435 e. The molecule has 6 heteroatoms. The van der Waals surface area contributed by atoms with Crippen molar-refractivity contribution in [2.24, 2.45) is 11.7 Å². The summed E-state index contributed by atoms with van der Waals surface area (Å²) in [5.74, 6) is 0.288. The number of hydrogen-bond acceptors (Lipinski definition) is 3. The van der Waals surface area contributed by atoms with Crippen LogP contribution in [0.4, 0.5) is 8.78 Å². The quantitative estimate of drug-likeness (QED) is 0.908. The summed E-state index contributed by atoms with van der Waals surface area (Å²) in [5, 5.41) is 0. The van der Waals surface area contributed by atoms with Crippen molar-refractivity contribution in [3.05, 3.63) is 29.8 Å². The lowest BCUT2D eigenvalue weighted by Crippen LogP contribution is -2.40. The van der Waals surface area contributed by atoms with Crippen molar-refractivity contribution in [1.29, 1.82) is 0 Å². The van der Waals surface area contributed by atoms with Crippen molar-refractivity contribution in [2.45, 2.75) is 25.9 Å². The standard InChI is InChI=1S/C15H20F2N2O2/c16-15(17)21-13-5-1-4-12(9-13)14(20)19-8-2-3-11(10-19)6-7-18/h1,4-5,9,11,15H,2-3,6-8,10,18H2. The Morgan fingerprint density at radius 2 is 2.29 bits per heavy atom. The van der Waals surface area contributed by atoms with Crippen LogP contribution in [0, 0.1) is 5.92 Å². The normalized spacial score (nSPS) is 18.9. The first-order valence-corrected chi connectivity index (χ1v) is 7.14. The molecule has 1 amide bonds. The second-order valence-electron chi connectivity index (χ2n) is 5.24. The van der Waals surface area contributed by atoms with Gasteiger partial charge in [-0.25, -0.2) is 0 Å². The summed E-state index contributed by atoms with van der Waals surface area (Å²) >= 11 is 0. The molecular weight excluding hydrogens is 278 g/mol. The topological polar surface area (TPSA) is 55.6 Å². The number of ether oxygens (including phenoxy) is 1. The molecule has 1 aromatic rings. The van der Waals surface area contributed by atoms with E-state index >= 15 is 0 Å². The van der Waals surface area contributed by atoms with E-state index in [-0.39, 0.29) is 11.7 Å². The van der Waals surface area contributed by atoms with Crippen LogP contribution in [-0.4, -0.2) is 37.1 Å². The molecule has 1 saturated heterocycles. The highest BCUT2D eigenvalue weighted by Gasteiger charge is 2.24. The molecule has 0 bridgehead atoms. The van der Waals surface area contributed by atoms with E-state index in [1.165, 1.54) is 12.1 Å². The molecule has 0 radical (unpaired) electrons. The van der Waals surface area contributed by atoms with Gasteiger partial charge in [0.2, 0.25) is 0 Å². The predicted molar refractivity (Wildman–Crippen MR) is 75.4 cm³/mol. The van der Waals surface area contributed by atoms with Crippen molar-refractivity contribution in [1.82, 2.24) is 4.90 Å². The number of halogens is 2. The van der Waals surface area contributed by atoms with Crippen LogP contribution in [0.25, 0.3) is 0 Å². The molecule has 0 aliphatic carbocycles. The SMILES string of the molecule is NCCC1CCCN(C(=O)c2cccc(OC(F)F)c2)C1. The maximum Gasteiger partial charge on any atom is 0.387 e. The van der Waals surface area contributed by atoms with Crippen molar-refractivity contribution in [3.63, 3.8) is 0 Å². The van der Waals surface area contributed by atoms with Crippen molar-refractivity contribution in [3.8, 4) is 5.75 Å². The third-order valence-electron chi connectivity index (χ3n) is 3.69. The maximum atomic E-state index is 12.4. The Morgan fingerprint density at radius 3 is 3.00 bits per heavy atom. The van der Waals surface area contributed by atoms with Crippen LogP contribution in [-0.2, 0) is 0 Å². The van der Waals surface area contributed by atoms with E-state index in [0.29, 0.717) is 31.1 Å². The van der Waals surface area contributed by atoms with Gasteiger partial charge in [0.25, 0.3) is 5.91 Å². The third kappa shape index (κ3) is 4.39. The Balaban J connectivity index is 2.05. The zero-order chi connectivity index (χ0) is 15.2. The Labute approximate surface area is 122 Å². The van der Waals surface area contributed by atoms with Crippen LogP contribution in [0.1, 0.15) is 29.6 Å². The molecule has 1 aromatic carbocycles. The number of hydrogen-bond donors (Lipinski definition) is 1. The van der Waals surface area contributed by atoms with Gasteiger partial charge in [-0.05, 0) is 49.9 Å². The van der Waals surface area contributed by atoms with Gasteiger partial charge in [0.05, 0.1) is 0 Å². The number of alkyl halides is 2. The molecule has 0 aromatic heterocycles. The van der Waals surface area contributed by atoms with Crippen LogP contribution in [0.15, 0.2) is 24.3 Å². The fraction of sp³-hybridized carbons (Fsp3) is 0.533. The molecule has 1 aliphatic heterocycles. The van der Waals surface area contributed by atoms with Gasteiger partial charge < -0.3 is 15.4 Å². The second kappa shape index (κ2) is 7.36. The number of amides is 1. The van der Waals surface area contributed by atoms with Gasteiger partial charge >= 0.3 is 6.61 Å². The molecular formula is C15H20F2N2O2. The van der Waals surface area contributed by atoms with Crippen molar-refractivity contribution >= 4 is 5.91 Å². The van der Waals surface area contributed by atoms with Crippen LogP contribution in [0.2, 0.25) is 0 Å². The summed E-state index contributed by atoms with van der Waals surface area (Å²) in [7, 11) is 0. The summed E-state index contributed by atoms with van der Waals surface area (Å²) in [6, 6.07) is 5.94. The fourth-order valence-corrected chi connectivity index (χ4v) is 2.71. The van der Waals surface area contributed by atoms with Crippen LogP contribution in [0.5, 0.6) is 5.75 Å². The number of nitrogens with two attached hydrogens (primary N) is 1. The second-order valence-corrected chi connectivity index (χ2v) is 5.24. The number of carbonyl (C=O) groups excluding carboxylic acids is 1. The molecule has 1 heterocycles. The van der Waals surface area contributed by atoms with Gasteiger partial charge in [-0.1, -0.05) is 6.07 Å². The number of rotatable bonds is 5. The summed E-state index contributed by atoms with van der Waals surface area (Å²) in [4.78, 5) is 14.2. The van der Waals surface area contributed by atoms with E-state index in [9.17, 15) is 13.6 Å². The molecule has 21 heavy (non-hydrogen) atoms. The zero-order valence-electron chi connectivity index (χ0n) is 11.8. The van der Waals surface area contributed by atoms with Crippen LogP contribution in [0.3, 0.4) is 0 Å².